The van der Waals surface area contributed by atoms with Gasteiger partial charge in [0, 0.05) is 6.42 Å². The van der Waals surface area contributed by atoms with Crippen LogP contribution in [0.15, 0.2) is 0 Å². The molecular formula is C27H56NO7P. The van der Waals surface area contributed by atoms with E-state index < -0.39 is 33.0 Å². The van der Waals surface area contributed by atoms with Gasteiger partial charge in [-0.15, -0.1) is 0 Å². The first-order valence-electron chi connectivity index (χ1n) is 16.3. The number of carbonyl (C=O) groups excluding carboxylic acids is 1. The lowest BCUT2D eigenvalue weighted by molar-refractivity contribution is -0.870. The van der Waals surface area contributed by atoms with Crippen LogP contribution in [0.5, 0.6) is 0 Å². The zero-order chi connectivity index (χ0) is 31.6. The van der Waals surface area contributed by atoms with Crippen molar-refractivity contribution in [2.24, 2.45) is 0 Å². The first-order chi connectivity index (χ1) is 18.9. The zero-order valence-electron chi connectivity index (χ0n) is 28.2. The molecule has 0 spiro atoms. The van der Waals surface area contributed by atoms with Gasteiger partial charge < -0.3 is 28.3 Å². The summed E-state index contributed by atoms with van der Waals surface area (Å²) in [4.78, 5) is 24.2. The topological polar surface area (TPSA) is 105 Å². The van der Waals surface area contributed by atoms with Crippen LogP contribution in [0.2, 0.25) is 0 Å². The average molecular weight is 543 g/mol. The second-order valence-corrected chi connectivity index (χ2v) is 11.8. The van der Waals surface area contributed by atoms with Gasteiger partial charge in [0.25, 0.3) is 7.82 Å². The molecule has 36 heavy (non-hydrogen) atoms. The van der Waals surface area contributed by atoms with Gasteiger partial charge in [0.05, 0.1) is 34.6 Å². The smallest absolute Gasteiger partial charge is 0.305 e. The van der Waals surface area contributed by atoms with Crippen molar-refractivity contribution in [3.05, 3.63) is 0 Å². The number of aliphatic hydroxyl groups is 1. The van der Waals surface area contributed by atoms with Gasteiger partial charge in [-0.25, -0.2) is 0 Å². The molecule has 9 heteroatoms. The number of esters is 1. The van der Waals surface area contributed by atoms with Gasteiger partial charge in [-0.1, -0.05) is 103 Å². The van der Waals surface area contributed by atoms with Crippen molar-refractivity contribution >= 4 is 13.8 Å². The van der Waals surface area contributed by atoms with Crippen LogP contribution in [-0.2, 0) is 23.1 Å². The van der Waals surface area contributed by atoms with Gasteiger partial charge >= 0.3 is 5.97 Å². The zero-order valence-corrected chi connectivity index (χ0v) is 24.1. The van der Waals surface area contributed by atoms with Gasteiger partial charge in [0.2, 0.25) is 0 Å². The first-order valence-corrected chi connectivity index (χ1v) is 15.2. The number of nitrogens with zero attached hydrogens (tertiary/aromatic N) is 1. The van der Waals surface area contributed by atoms with Crippen LogP contribution >= 0.6 is 7.82 Å². The van der Waals surface area contributed by atoms with E-state index >= 15 is 0 Å². The highest BCUT2D eigenvalue weighted by molar-refractivity contribution is 7.45. The Hall–Kier alpha value is -0.500. The number of phosphoric acid groups is 1. The number of phosphoric ester groups is 1. The molecule has 0 bridgehead atoms. The Morgan fingerprint density at radius 2 is 1.31 bits per heavy atom. The van der Waals surface area contributed by atoms with Gasteiger partial charge in [-0.3, -0.25) is 9.36 Å². The van der Waals surface area contributed by atoms with Crippen LogP contribution in [0.3, 0.4) is 0 Å². The molecule has 0 radical (unpaired) electrons. The Balaban J connectivity index is 4.23. The Morgan fingerprint density at radius 1 is 0.861 bits per heavy atom. The number of carbonyl (C=O) groups is 1. The Labute approximate surface area is 228 Å². The third kappa shape index (κ3) is 26.6. The maximum Gasteiger partial charge on any atom is 0.305 e. The van der Waals surface area contributed by atoms with E-state index in [1.54, 1.807) is 21.1 Å². The Bertz CT molecular complexity index is 767. The summed E-state index contributed by atoms with van der Waals surface area (Å²) in [6.07, 6.45) is 14.4. The molecule has 0 fully saturated rings. The molecule has 0 aromatic rings. The van der Waals surface area contributed by atoms with Gasteiger partial charge in [-0.05, 0) is 6.42 Å². The van der Waals surface area contributed by atoms with E-state index in [-0.39, 0.29) is 19.6 Å². The largest absolute Gasteiger partial charge is 0.756 e. The molecule has 0 rings (SSSR count). The minimum atomic E-state index is -5.37. The molecule has 0 heterocycles. The first kappa shape index (κ1) is 27.1. The highest BCUT2D eigenvalue weighted by Crippen LogP contribution is 2.38. The fourth-order valence-corrected chi connectivity index (χ4v) is 4.10. The molecule has 0 amide bonds. The number of unbranched alkanes of at least 4 members (excludes halogenated alkanes) is 15. The summed E-state index contributed by atoms with van der Waals surface area (Å²) in [6.45, 7) is -5.33. The average Bonchev–Trinajstić information content (AvgIpc) is 2.81. The molecule has 1 unspecified atom stereocenters. The normalized spacial score (nSPS) is 18.2. The molecule has 8 nitrogen and oxygen atoms in total. The van der Waals surface area contributed by atoms with Crippen molar-refractivity contribution in [1.82, 2.24) is 0 Å². The lowest BCUT2D eigenvalue weighted by atomic mass is 10.0. The number of ether oxygens (including phenoxy) is 1. The molecule has 0 aliphatic heterocycles. The molecule has 0 aromatic heterocycles. The SMILES string of the molecule is [2H]C([2H])(OC(=O)CCCCCCCCCCCCCCCCCC)[C@@]([2H])(O)C([2H])([2H])OP(=O)([O-])OCC[N+](C)(C)C. The summed E-state index contributed by atoms with van der Waals surface area (Å²) < 4.78 is 64.4. The highest BCUT2D eigenvalue weighted by atomic mass is 31.2. The van der Waals surface area contributed by atoms with E-state index in [2.05, 4.69) is 20.7 Å². The van der Waals surface area contributed by atoms with Crippen molar-refractivity contribution in [1.29, 1.82) is 0 Å². The van der Waals surface area contributed by atoms with Gasteiger partial charge in [0.15, 0.2) is 0 Å². The van der Waals surface area contributed by atoms with E-state index in [0.29, 0.717) is 10.9 Å². The number of hydrogen-bond donors (Lipinski definition) is 1. The fraction of sp³-hybridized carbons (Fsp3) is 0.963. The van der Waals surface area contributed by atoms with E-state index in [9.17, 15) is 19.4 Å². The maximum absolute atomic E-state index is 12.1. The number of quaternary nitrogens is 1. The van der Waals surface area contributed by atoms with Crippen molar-refractivity contribution in [3.63, 3.8) is 0 Å². The number of hydrogen-bond acceptors (Lipinski definition) is 7. The third-order valence-electron chi connectivity index (χ3n) is 5.76. The molecule has 216 valence electrons. The molecular weight excluding hydrogens is 481 g/mol. The van der Waals surface area contributed by atoms with E-state index in [0.717, 1.165) is 25.7 Å². The van der Waals surface area contributed by atoms with Crippen molar-refractivity contribution in [2.75, 3.05) is 47.4 Å². The monoisotopic (exact) mass is 542 g/mol. The maximum atomic E-state index is 12.1. The summed E-state index contributed by atoms with van der Waals surface area (Å²) in [6, 6.07) is 0. The fourth-order valence-electron chi connectivity index (χ4n) is 3.55. The van der Waals surface area contributed by atoms with Crippen molar-refractivity contribution < 1.29 is 44.5 Å². The second-order valence-electron chi connectivity index (χ2n) is 10.5. The van der Waals surface area contributed by atoms with Crippen LogP contribution in [0.25, 0.3) is 0 Å². The molecule has 0 aliphatic carbocycles. The molecule has 2 atom stereocenters. The lowest BCUT2D eigenvalue weighted by Crippen LogP contribution is -2.37. The summed E-state index contributed by atoms with van der Waals surface area (Å²) in [5.74, 6) is -1.08. The van der Waals surface area contributed by atoms with E-state index in [1.165, 1.54) is 70.6 Å². The van der Waals surface area contributed by atoms with Gasteiger partial charge in [0.1, 0.15) is 25.8 Å². The Morgan fingerprint density at radius 3 is 1.75 bits per heavy atom. The number of likely N-dealkylation sites (N-methyl/N-ethyl adjacent to an activating group) is 1. The minimum Gasteiger partial charge on any atom is -0.756 e. The Kier molecular flexibility index (Phi) is 16.9. The minimum absolute atomic E-state index is 0.188. The molecule has 0 aromatic carbocycles. The molecule has 0 saturated heterocycles. The predicted molar refractivity (Wildman–Crippen MR) is 144 cm³/mol. The summed E-state index contributed by atoms with van der Waals surface area (Å²) >= 11 is 0. The molecule has 1 N–H and O–H groups in total. The van der Waals surface area contributed by atoms with Crippen LogP contribution in [-0.4, -0.2) is 69.1 Å². The van der Waals surface area contributed by atoms with Crippen molar-refractivity contribution in [3.8, 4) is 0 Å². The highest BCUT2D eigenvalue weighted by Gasteiger charge is 2.16. The van der Waals surface area contributed by atoms with Crippen LogP contribution in [0.1, 0.15) is 123 Å². The molecule has 0 saturated carbocycles. The van der Waals surface area contributed by atoms with Crippen LogP contribution < -0.4 is 4.89 Å². The summed E-state index contributed by atoms with van der Waals surface area (Å²) in [5, 5.41) is 10.2. The van der Waals surface area contributed by atoms with Gasteiger partial charge in [-0.2, -0.15) is 0 Å². The van der Waals surface area contributed by atoms with Crippen LogP contribution in [0.4, 0.5) is 0 Å². The van der Waals surface area contributed by atoms with Crippen molar-refractivity contribution in [2.45, 2.75) is 122 Å². The predicted octanol–water partition coefficient (Wildman–Crippen LogP) is 5.75. The second kappa shape index (κ2) is 22.5. The third-order valence-corrected chi connectivity index (χ3v) is 6.58. The molecule has 0 aliphatic rings. The number of rotatable bonds is 26. The van der Waals surface area contributed by atoms with Crippen LogP contribution in [0, 0.1) is 0 Å². The van der Waals surface area contributed by atoms with E-state index in [4.69, 9.17) is 6.85 Å². The summed E-state index contributed by atoms with van der Waals surface area (Å²) in [7, 11) is -0.0644. The quantitative estimate of drug-likeness (QED) is 0.0642. The summed E-state index contributed by atoms with van der Waals surface area (Å²) in [5.41, 5.74) is 0. The van der Waals surface area contributed by atoms with E-state index in [1.807, 2.05) is 0 Å². The standard InChI is InChI=1S/C27H56NO7P/c1-5-6-7-8-9-10-11-12-13-14-15-16-17-18-19-20-21-27(30)33-24-26(29)25-35-36(31,32)34-23-22-28(2,3)4/h26,29H,5-25H2,1-4H3/t26-/m1/s1/i24D2,25D2,26D. The lowest BCUT2D eigenvalue weighted by Gasteiger charge is -2.27.